The molecular formula is C14H8Cl2F3N3O2. The third kappa shape index (κ3) is 4.36. The molecule has 0 aliphatic carbocycles. The van der Waals surface area contributed by atoms with E-state index in [0.717, 1.165) is 12.1 Å². The molecule has 0 spiro atoms. The van der Waals surface area contributed by atoms with Crippen molar-refractivity contribution in [1.82, 2.24) is 0 Å². The molecule has 0 radical (unpaired) electrons. The third-order valence-corrected chi connectivity index (χ3v) is 3.60. The van der Waals surface area contributed by atoms with Gasteiger partial charge in [-0.15, -0.1) is 0 Å². The van der Waals surface area contributed by atoms with Gasteiger partial charge < -0.3 is 0 Å². The van der Waals surface area contributed by atoms with E-state index in [1.807, 2.05) is 0 Å². The maximum atomic E-state index is 12.6. The molecule has 24 heavy (non-hydrogen) atoms. The Kier molecular flexibility index (Phi) is 5.30. The van der Waals surface area contributed by atoms with Crippen LogP contribution in [0.5, 0.6) is 0 Å². The number of alkyl halides is 3. The van der Waals surface area contributed by atoms with Crippen LogP contribution in [0.25, 0.3) is 0 Å². The molecule has 126 valence electrons. The van der Waals surface area contributed by atoms with Gasteiger partial charge in [0, 0.05) is 6.07 Å². The van der Waals surface area contributed by atoms with Crippen molar-refractivity contribution in [2.24, 2.45) is 5.10 Å². The lowest BCUT2D eigenvalue weighted by atomic mass is 10.1. The summed E-state index contributed by atoms with van der Waals surface area (Å²) in [6, 6.07) is 6.75. The quantitative estimate of drug-likeness (QED) is 0.442. The van der Waals surface area contributed by atoms with E-state index in [-0.39, 0.29) is 5.69 Å². The zero-order chi connectivity index (χ0) is 17.9. The summed E-state index contributed by atoms with van der Waals surface area (Å²) >= 11 is 11.6. The summed E-state index contributed by atoms with van der Waals surface area (Å²) < 4.78 is 37.8. The van der Waals surface area contributed by atoms with E-state index in [1.165, 1.54) is 18.3 Å². The molecule has 2 rings (SSSR count). The summed E-state index contributed by atoms with van der Waals surface area (Å²) in [5.74, 6) is 0. The van der Waals surface area contributed by atoms with Gasteiger partial charge in [-0.1, -0.05) is 29.3 Å². The zero-order valence-corrected chi connectivity index (χ0v) is 13.2. The first-order valence-electron chi connectivity index (χ1n) is 6.28. The molecule has 0 unspecified atom stereocenters. The predicted molar refractivity (Wildman–Crippen MR) is 85.8 cm³/mol. The van der Waals surface area contributed by atoms with E-state index in [9.17, 15) is 23.3 Å². The number of hydrazone groups is 1. The molecule has 2 aromatic carbocycles. The number of halogens is 5. The highest BCUT2D eigenvalue weighted by Crippen LogP contribution is 2.34. The van der Waals surface area contributed by atoms with Gasteiger partial charge >= 0.3 is 6.18 Å². The number of anilines is 1. The van der Waals surface area contributed by atoms with Crippen LogP contribution in [-0.4, -0.2) is 11.1 Å². The number of benzene rings is 2. The maximum absolute atomic E-state index is 12.6. The fraction of sp³-hybridized carbons (Fsp3) is 0.0714. The third-order valence-electron chi connectivity index (χ3n) is 2.86. The Balaban J connectivity index is 2.24. The lowest BCUT2D eigenvalue weighted by molar-refractivity contribution is -0.384. The molecule has 0 saturated carbocycles. The largest absolute Gasteiger partial charge is 0.416 e. The van der Waals surface area contributed by atoms with Crippen molar-refractivity contribution in [3.8, 4) is 0 Å². The number of hydrogen-bond donors (Lipinski definition) is 1. The van der Waals surface area contributed by atoms with E-state index in [2.05, 4.69) is 10.5 Å². The number of nitro groups is 1. The van der Waals surface area contributed by atoms with Gasteiger partial charge in [-0.05, 0) is 29.8 Å². The first-order valence-corrected chi connectivity index (χ1v) is 7.04. The average molecular weight is 378 g/mol. The molecule has 0 aliphatic heterocycles. The molecular weight excluding hydrogens is 370 g/mol. The first kappa shape index (κ1) is 18.0. The highest BCUT2D eigenvalue weighted by Gasteiger charge is 2.33. The van der Waals surface area contributed by atoms with Crippen molar-refractivity contribution in [2.75, 3.05) is 5.43 Å². The van der Waals surface area contributed by atoms with Crippen LogP contribution in [0.3, 0.4) is 0 Å². The van der Waals surface area contributed by atoms with Crippen LogP contribution in [0.15, 0.2) is 41.5 Å². The topological polar surface area (TPSA) is 67.5 Å². The minimum Gasteiger partial charge on any atom is -0.272 e. The van der Waals surface area contributed by atoms with Crippen LogP contribution in [-0.2, 0) is 6.18 Å². The fourth-order valence-electron chi connectivity index (χ4n) is 1.72. The Morgan fingerprint density at radius 1 is 1.12 bits per heavy atom. The molecule has 0 amide bonds. The van der Waals surface area contributed by atoms with Crippen molar-refractivity contribution in [3.05, 3.63) is 67.7 Å². The minimum atomic E-state index is -4.67. The molecule has 0 atom stereocenters. The second kappa shape index (κ2) is 7.06. The summed E-state index contributed by atoms with van der Waals surface area (Å²) in [6.07, 6.45) is -3.38. The van der Waals surface area contributed by atoms with Crippen LogP contribution in [0.4, 0.5) is 24.5 Å². The molecule has 0 aromatic heterocycles. The van der Waals surface area contributed by atoms with Crippen LogP contribution in [0.2, 0.25) is 10.0 Å². The smallest absolute Gasteiger partial charge is 0.272 e. The second-order valence-electron chi connectivity index (χ2n) is 4.53. The SMILES string of the molecule is O=[N+]([O-])c1cc(C(F)(F)F)ccc1N/N=C/c1ccc(Cl)c(Cl)c1. The van der Waals surface area contributed by atoms with Crippen LogP contribution in [0, 0.1) is 10.1 Å². The van der Waals surface area contributed by atoms with Gasteiger partial charge in [0.25, 0.3) is 5.69 Å². The predicted octanol–water partition coefficient (Wildman–Crippen LogP) is 5.37. The summed E-state index contributed by atoms with van der Waals surface area (Å²) in [5.41, 5.74) is 0.854. The molecule has 0 saturated heterocycles. The normalized spacial score (nSPS) is 11.7. The summed E-state index contributed by atoms with van der Waals surface area (Å²) in [7, 11) is 0. The number of nitro benzene ring substituents is 1. The van der Waals surface area contributed by atoms with Gasteiger partial charge in [-0.3, -0.25) is 15.5 Å². The Hall–Kier alpha value is -2.32. The van der Waals surface area contributed by atoms with Crippen molar-refractivity contribution in [1.29, 1.82) is 0 Å². The van der Waals surface area contributed by atoms with E-state index in [4.69, 9.17) is 23.2 Å². The Morgan fingerprint density at radius 3 is 2.42 bits per heavy atom. The number of nitrogens with one attached hydrogen (secondary N) is 1. The summed E-state index contributed by atoms with van der Waals surface area (Å²) in [4.78, 5) is 10.0. The lowest BCUT2D eigenvalue weighted by Gasteiger charge is -2.08. The first-order chi connectivity index (χ1) is 11.2. The molecule has 0 aliphatic rings. The Morgan fingerprint density at radius 2 is 1.83 bits per heavy atom. The van der Waals surface area contributed by atoms with Gasteiger partial charge in [0.05, 0.1) is 26.7 Å². The average Bonchev–Trinajstić information content (AvgIpc) is 2.50. The summed E-state index contributed by atoms with van der Waals surface area (Å²) in [6.45, 7) is 0. The molecule has 5 nitrogen and oxygen atoms in total. The van der Waals surface area contributed by atoms with Crippen LogP contribution >= 0.6 is 23.2 Å². The summed E-state index contributed by atoms with van der Waals surface area (Å²) in [5, 5.41) is 15.3. The maximum Gasteiger partial charge on any atom is 0.416 e. The van der Waals surface area contributed by atoms with Gasteiger partial charge in [0.1, 0.15) is 5.69 Å². The van der Waals surface area contributed by atoms with Crippen molar-refractivity contribution in [2.45, 2.75) is 6.18 Å². The standard InChI is InChI=1S/C14H8Cl2F3N3O2/c15-10-3-1-8(5-11(10)16)7-20-21-12-4-2-9(14(17,18)19)6-13(12)22(23)24/h1-7,21H/b20-7+. The van der Waals surface area contributed by atoms with Crippen LogP contribution < -0.4 is 5.43 Å². The monoisotopic (exact) mass is 377 g/mol. The number of nitrogens with zero attached hydrogens (tertiary/aromatic N) is 2. The minimum absolute atomic E-state index is 0.177. The van der Waals surface area contributed by atoms with Gasteiger partial charge in [-0.25, -0.2) is 0 Å². The Labute approximate surface area is 143 Å². The molecule has 0 heterocycles. The highest BCUT2D eigenvalue weighted by molar-refractivity contribution is 6.42. The molecule has 0 fully saturated rings. The van der Waals surface area contributed by atoms with E-state index in [0.29, 0.717) is 21.7 Å². The van der Waals surface area contributed by atoms with Crippen molar-refractivity contribution < 1.29 is 18.1 Å². The molecule has 1 N–H and O–H groups in total. The van der Waals surface area contributed by atoms with Crippen molar-refractivity contribution in [3.63, 3.8) is 0 Å². The van der Waals surface area contributed by atoms with Crippen LogP contribution in [0.1, 0.15) is 11.1 Å². The van der Waals surface area contributed by atoms with Crippen molar-refractivity contribution >= 4 is 40.8 Å². The highest BCUT2D eigenvalue weighted by atomic mass is 35.5. The Bertz CT molecular complexity index is 810. The molecule has 0 bridgehead atoms. The van der Waals surface area contributed by atoms with E-state index in [1.54, 1.807) is 6.07 Å². The fourth-order valence-corrected chi connectivity index (χ4v) is 2.03. The number of rotatable bonds is 4. The molecule has 2 aromatic rings. The van der Waals surface area contributed by atoms with Gasteiger partial charge in [-0.2, -0.15) is 18.3 Å². The lowest BCUT2D eigenvalue weighted by Crippen LogP contribution is -2.06. The van der Waals surface area contributed by atoms with Gasteiger partial charge in [0.2, 0.25) is 0 Å². The van der Waals surface area contributed by atoms with E-state index < -0.39 is 22.4 Å². The van der Waals surface area contributed by atoms with Gasteiger partial charge in [0.15, 0.2) is 0 Å². The second-order valence-corrected chi connectivity index (χ2v) is 5.34. The number of hydrogen-bond acceptors (Lipinski definition) is 4. The molecule has 10 heteroatoms. The zero-order valence-electron chi connectivity index (χ0n) is 11.6. The van der Waals surface area contributed by atoms with E-state index >= 15 is 0 Å².